The predicted octanol–water partition coefficient (Wildman–Crippen LogP) is 5.95. The molecule has 0 aliphatic heterocycles. The van der Waals surface area contributed by atoms with Gasteiger partial charge in [-0.15, -0.1) is 0 Å². The molecule has 0 atom stereocenters. The van der Waals surface area contributed by atoms with Crippen LogP contribution in [0.5, 0.6) is 5.75 Å². The number of carbonyl (C=O) groups is 1. The summed E-state index contributed by atoms with van der Waals surface area (Å²) in [5.74, 6) is 0.887. The van der Waals surface area contributed by atoms with Gasteiger partial charge >= 0.3 is 0 Å². The van der Waals surface area contributed by atoms with Crippen molar-refractivity contribution in [1.82, 2.24) is 0 Å². The van der Waals surface area contributed by atoms with Crippen molar-refractivity contribution in [3.8, 4) is 5.75 Å². The first-order valence-electron chi connectivity index (χ1n) is 9.22. The van der Waals surface area contributed by atoms with Crippen molar-refractivity contribution in [3.05, 3.63) is 95.1 Å². The van der Waals surface area contributed by atoms with E-state index in [1.165, 1.54) is 0 Å². The maximum atomic E-state index is 12.8. The Bertz CT molecular complexity index is 917. The van der Waals surface area contributed by atoms with Gasteiger partial charge in [0, 0.05) is 11.3 Å². The summed E-state index contributed by atoms with van der Waals surface area (Å²) in [6.45, 7) is 6.74. The third-order valence-electron chi connectivity index (χ3n) is 4.51. The minimum Gasteiger partial charge on any atom is -0.489 e. The third-order valence-corrected chi connectivity index (χ3v) is 4.51. The minimum absolute atomic E-state index is 0.128. The molecular formula is C24H25NO2. The smallest absolute Gasteiger partial charge is 0.255 e. The second-order valence-corrected chi connectivity index (χ2v) is 6.95. The number of hydrogen-bond acceptors (Lipinski definition) is 2. The number of amides is 1. The highest BCUT2D eigenvalue weighted by molar-refractivity contribution is 6.05. The van der Waals surface area contributed by atoms with Crippen LogP contribution in [0.3, 0.4) is 0 Å². The SMILES string of the molecule is Cc1cccc(C(C)C)c1NC(=O)c1cccc(OCc2ccccc2)c1. The summed E-state index contributed by atoms with van der Waals surface area (Å²) in [5, 5.41) is 3.08. The highest BCUT2D eigenvalue weighted by Gasteiger charge is 2.14. The molecule has 0 aromatic heterocycles. The molecule has 1 N–H and O–H groups in total. The van der Waals surface area contributed by atoms with Crippen LogP contribution in [0.25, 0.3) is 0 Å². The monoisotopic (exact) mass is 359 g/mol. The van der Waals surface area contributed by atoms with Crippen LogP contribution >= 0.6 is 0 Å². The first-order valence-corrected chi connectivity index (χ1v) is 9.22. The van der Waals surface area contributed by atoms with Gasteiger partial charge < -0.3 is 10.1 Å². The molecule has 138 valence electrons. The van der Waals surface area contributed by atoms with Gasteiger partial charge in [0.25, 0.3) is 5.91 Å². The Morgan fingerprint density at radius 3 is 2.44 bits per heavy atom. The van der Waals surface area contributed by atoms with Gasteiger partial charge in [-0.05, 0) is 47.7 Å². The third kappa shape index (κ3) is 4.76. The Balaban J connectivity index is 1.74. The molecule has 0 saturated carbocycles. The van der Waals surface area contributed by atoms with Crippen LogP contribution in [-0.4, -0.2) is 5.91 Å². The van der Waals surface area contributed by atoms with Crippen LogP contribution in [0.15, 0.2) is 72.8 Å². The van der Waals surface area contributed by atoms with E-state index in [4.69, 9.17) is 4.74 Å². The minimum atomic E-state index is -0.128. The zero-order chi connectivity index (χ0) is 19.2. The van der Waals surface area contributed by atoms with Crippen LogP contribution in [0.1, 0.15) is 46.8 Å². The maximum Gasteiger partial charge on any atom is 0.255 e. The van der Waals surface area contributed by atoms with Gasteiger partial charge in [0.05, 0.1) is 0 Å². The zero-order valence-corrected chi connectivity index (χ0v) is 16.0. The number of carbonyl (C=O) groups excluding carboxylic acids is 1. The van der Waals surface area contributed by atoms with Crippen LogP contribution in [0.2, 0.25) is 0 Å². The van der Waals surface area contributed by atoms with Gasteiger partial charge in [-0.2, -0.15) is 0 Å². The topological polar surface area (TPSA) is 38.3 Å². The number of hydrogen-bond donors (Lipinski definition) is 1. The standard InChI is InChI=1S/C24H25NO2/c1-17(2)22-14-7-9-18(3)23(22)25-24(26)20-12-8-13-21(15-20)27-16-19-10-5-4-6-11-19/h4-15,17H,16H2,1-3H3,(H,25,26). The first kappa shape index (κ1) is 18.7. The summed E-state index contributed by atoms with van der Waals surface area (Å²) in [5.41, 5.74) is 4.77. The average Bonchev–Trinajstić information content (AvgIpc) is 2.68. The molecule has 0 unspecified atom stereocenters. The Labute approximate surface area is 161 Å². The lowest BCUT2D eigenvalue weighted by molar-refractivity contribution is 0.102. The molecule has 0 fully saturated rings. The van der Waals surface area contributed by atoms with E-state index in [0.717, 1.165) is 22.4 Å². The van der Waals surface area contributed by atoms with Crippen molar-refractivity contribution in [2.75, 3.05) is 5.32 Å². The molecule has 27 heavy (non-hydrogen) atoms. The van der Waals surface area contributed by atoms with Gasteiger partial charge in [-0.25, -0.2) is 0 Å². The zero-order valence-electron chi connectivity index (χ0n) is 16.0. The largest absolute Gasteiger partial charge is 0.489 e. The number of benzene rings is 3. The van der Waals surface area contributed by atoms with E-state index in [0.29, 0.717) is 23.8 Å². The van der Waals surface area contributed by atoms with Gasteiger partial charge in [0.1, 0.15) is 12.4 Å². The molecule has 1 amide bonds. The molecule has 0 heterocycles. The van der Waals surface area contributed by atoms with Crippen molar-refractivity contribution in [2.45, 2.75) is 33.3 Å². The maximum absolute atomic E-state index is 12.8. The summed E-state index contributed by atoms with van der Waals surface area (Å²) in [6.07, 6.45) is 0. The normalized spacial score (nSPS) is 10.7. The highest BCUT2D eigenvalue weighted by atomic mass is 16.5. The summed E-state index contributed by atoms with van der Waals surface area (Å²) >= 11 is 0. The lowest BCUT2D eigenvalue weighted by atomic mass is 9.98. The van der Waals surface area contributed by atoms with Crippen molar-refractivity contribution in [3.63, 3.8) is 0 Å². The molecule has 0 radical (unpaired) electrons. The van der Waals surface area contributed by atoms with Crippen LogP contribution in [0.4, 0.5) is 5.69 Å². The Morgan fingerprint density at radius 1 is 0.963 bits per heavy atom. The summed E-state index contributed by atoms with van der Waals surface area (Å²) in [7, 11) is 0. The molecule has 3 aromatic carbocycles. The van der Waals surface area contributed by atoms with E-state index in [1.54, 1.807) is 12.1 Å². The second kappa shape index (κ2) is 8.54. The number of nitrogens with one attached hydrogen (secondary N) is 1. The molecular weight excluding hydrogens is 334 g/mol. The first-order chi connectivity index (χ1) is 13.0. The fourth-order valence-corrected chi connectivity index (χ4v) is 3.00. The Morgan fingerprint density at radius 2 is 1.70 bits per heavy atom. The average molecular weight is 359 g/mol. The molecule has 0 aliphatic rings. The highest BCUT2D eigenvalue weighted by Crippen LogP contribution is 2.28. The van der Waals surface area contributed by atoms with Crippen LogP contribution in [0, 0.1) is 6.92 Å². The van der Waals surface area contributed by atoms with E-state index in [2.05, 4.69) is 25.2 Å². The lowest BCUT2D eigenvalue weighted by Gasteiger charge is -2.16. The lowest BCUT2D eigenvalue weighted by Crippen LogP contribution is -2.15. The van der Waals surface area contributed by atoms with Gasteiger partial charge in [-0.3, -0.25) is 4.79 Å². The summed E-state index contributed by atoms with van der Waals surface area (Å²) < 4.78 is 5.84. The molecule has 3 heteroatoms. The van der Waals surface area contributed by atoms with Crippen molar-refractivity contribution >= 4 is 11.6 Å². The number of rotatable bonds is 6. The van der Waals surface area contributed by atoms with E-state index >= 15 is 0 Å². The van der Waals surface area contributed by atoms with Crippen LogP contribution < -0.4 is 10.1 Å². The van der Waals surface area contributed by atoms with Gasteiger partial charge in [-0.1, -0.05) is 68.4 Å². The number of para-hydroxylation sites is 1. The molecule has 0 aliphatic carbocycles. The van der Waals surface area contributed by atoms with Gasteiger partial charge in [0.2, 0.25) is 0 Å². The summed E-state index contributed by atoms with van der Waals surface area (Å²) in [4.78, 5) is 12.8. The van der Waals surface area contributed by atoms with Gasteiger partial charge in [0.15, 0.2) is 0 Å². The molecule has 0 saturated heterocycles. The number of anilines is 1. The molecule has 0 bridgehead atoms. The predicted molar refractivity (Wildman–Crippen MR) is 110 cm³/mol. The Hall–Kier alpha value is -3.07. The van der Waals surface area contributed by atoms with E-state index in [-0.39, 0.29) is 5.91 Å². The number of ether oxygens (including phenoxy) is 1. The molecule has 3 nitrogen and oxygen atoms in total. The molecule has 3 aromatic rings. The fourth-order valence-electron chi connectivity index (χ4n) is 3.00. The fraction of sp³-hybridized carbons (Fsp3) is 0.208. The van der Waals surface area contributed by atoms with Crippen molar-refractivity contribution < 1.29 is 9.53 Å². The molecule has 3 rings (SSSR count). The van der Waals surface area contributed by atoms with Crippen molar-refractivity contribution in [1.29, 1.82) is 0 Å². The second-order valence-electron chi connectivity index (χ2n) is 6.95. The van der Waals surface area contributed by atoms with Crippen molar-refractivity contribution in [2.24, 2.45) is 0 Å². The van der Waals surface area contributed by atoms with E-state index < -0.39 is 0 Å². The summed E-state index contributed by atoms with van der Waals surface area (Å²) in [6, 6.07) is 23.4. The quantitative estimate of drug-likeness (QED) is 0.590. The molecule has 0 spiro atoms. The van der Waals surface area contributed by atoms with E-state index in [1.807, 2.05) is 61.5 Å². The Kier molecular flexibility index (Phi) is 5.92. The van der Waals surface area contributed by atoms with E-state index in [9.17, 15) is 4.79 Å². The van der Waals surface area contributed by atoms with Crippen LogP contribution in [-0.2, 0) is 6.61 Å². The number of aryl methyl sites for hydroxylation is 1.